The van der Waals surface area contributed by atoms with E-state index in [9.17, 15) is 0 Å². The van der Waals surface area contributed by atoms with Crippen LogP contribution in [0.4, 0.5) is 0 Å². The van der Waals surface area contributed by atoms with Crippen molar-refractivity contribution in [2.75, 3.05) is 0 Å². The van der Waals surface area contributed by atoms with E-state index in [1.807, 2.05) is 0 Å². The van der Waals surface area contributed by atoms with Gasteiger partial charge in [0, 0.05) is 0 Å². The van der Waals surface area contributed by atoms with Crippen molar-refractivity contribution in [3.63, 3.8) is 0 Å². The van der Waals surface area contributed by atoms with Crippen molar-refractivity contribution in [3.8, 4) is 0 Å². The molecule has 0 amide bonds. The second kappa shape index (κ2) is 4.89. The summed E-state index contributed by atoms with van der Waals surface area (Å²) in [6.07, 6.45) is 0. The molecule has 1 heteroatoms. The average Bonchev–Trinajstić information content (AvgIpc) is 2.29. The molecule has 0 unspecified atom stereocenters. The van der Waals surface area contributed by atoms with Gasteiger partial charge in [0.15, 0.2) is 0 Å². The Morgan fingerprint density at radius 2 is 1.12 bits per heavy atom. The van der Waals surface area contributed by atoms with E-state index in [1.54, 1.807) is 6.64 Å². The molecule has 0 saturated carbocycles. The maximum atomic E-state index is 2.51. The molecule has 0 aromatic heterocycles. The summed E-state index contributed by atoms with van der Waals surface area (Å²) >= 11 is -2.47. The summed E-state index contributed by atoms with van der Waals surface area (Å²) in [5, 5.41) is 0. The zero-order chi connectivity index (χ0) is 12.5. The first-order valence-electron chi connectivity index (χ1n) is 6.14. The van der Waals surface area contributed by atoms with Crippen LogP contribution in [0.3, 0.4) is 0 Å². The van der Waals surface area contributed by atoms with Crippen molar-refractivity contribution >= 4 is 6.64 Å². The van der Waals surface area contributed by atoms with Crippen LogP contribution in [-0.2, 0) is 20.0 Å². The summed E-state index contributed by atoms with van der Waals surface area (Å²) in [5.74, 6) is 0. The van der Waals surface area contributed by atoms with Gasteiger partial charge in [0.2, 0.25) is 0 Å². The summed E-state index contributed by atoms with van der Waals surface area (Å²) < 4.78 is 8.22. The monoisotopic (exact) mass is 392 g/mol. The average molecular weight is 391 g/mol. The second-order valence-corrected chi connectivity index (χ2v) is 21.2. The molecule has 0 N–H and O–H groups in total. The van der Waals surface area contributed by atoms with E-state index >= 15 is 0 Å². The summed E-state index contributed by atoms with van der Waals surface area (Å²) in [5.41, 5.74) is 2.76. The van der Waals surface area contributed by atoms with Crippen LogP contribution in [0.25, 0.3) is 0 Å². The topological polar surface area (TPSA) is 0 Å². The van der Waals surface area contributed by atoms with Crippen LogP contribution in [-0.4, -0.2) is 0 Å². The van der Waals surface area contributed by atoms with E-state index in [0.717, 1.165) is 0 Å². The van der Waals surface area contributed by atoms with Crippen LogP contribution < -0.4 is 6.64 Å². The van der Waals surface area contributed by atoms with Crippen molar-refractivity contribution in [2.45, 2.75) is 23.2 Å². The minimum atomic E-state index is -2.47. The Kier molecular flexibility index (Phi) is 3.67. The van der Waals surface area contributed by atoms with Crippen molar-refractivity contribution in [3.05, 3.63) is 59.7 Å². The molecule has 0 spiro atoms. The Morgan fingerprint density at radius 1 is 0.706 bits per heavy atom. The van der Waals surface area contributed by atoms with E-state index in [0.29, 0.717) is 0 Å². The number of aryl methyl sites for hydroxylation is 2. The van der Waals surface area contributed by atoms with Crippen molar-refractivity contribution in [2.24, 2.45) is 0 Å². The van der Waals surface area contributed by atoms with Gasteiger partial charge in [-0.25, -0.2) is 0 Å². The molecule has 0 fully saturated rings. The van der Waals surface area contributed by atoms with E-state index in [-0.39, 0.29) is 0 Å². The molecule has 0 aliphatic rings. The van der Waals surface area contributed by atoms with Gasteiger partial charge < -0.3 is 0 Å². The van der Waals surface area contributed by atoms with E-state index < -0.39 is 20.0 Å². The number of hydrogen-bond donors (Lipinski definition) is 0. The van der Waals surface area contributed by atoms with Gasteiger partial charge in [-0.15, -0.1) is 0 Å². The Labute approximate surface area is 109 Å². The van der Waals surface area contributed by atoms with Gasteiger partial charge in [0.25, 0.3) is 0 Å². The van der Waals surface area contributed by atoms with Crippen molar-refractivity contribution < 1.29 is 20.0 Å². The molecule has 2 rings (SSSR count). The predicted molar refractivity (Wildman–Crippen MR) is 73.4 cm³/mol. The van der Waals surface area contributed by atoms with Gasteiger partial charge in [-0.05, 0) is 0 Å². The zero-order valence-corrected chi connectivity index (χ0v) is 14.7. The second-order valence-electron chi connectivity index (χ2n) is 5.36. The molecule has 0 heterocycles. The first-order chi connectivity index (χ1) is 8.00. The van der Waals surface area contributed by atoms with Gasteiger partial charge in [-0.1, -0.05) is 0 Å². The molecule has 2 aromatic rings. The van der Waals surface area contributed by atoms with Crippen LogP contribution in [0, 0.1) is 13.8 Å². The first kappa shape index (κ1) is 12.8. The van der Waals surface area contributed by atoms with E-state index in [1.165, 1.54) is 11.1 Å². The van der Waals surface area contributed by atoms with Gasteiger partial charge in [-0.2, -0.15) is 0 Å². The SMILES string of the molecule is Cc1ccc[c]([Hf]([CH3])([CH3])[c]2cccc(C)c2)c1. The fourth-order valence-electron chi connectivity index (χ4n) is 2.23. The van der Waals surface area contributed by atoms with Gasteiger partial charge >= 0.3 is 109 Å². The van der Waals surface area contributed by atoms with E-state index in [2.05, 4.69) is 71.7 Å². The Morgan fingerprint density at radius 3 is 1.47 bits per heavy atom. The van der Waals surface area contributed by atoms with Crippen molar-refractivity contribution in [1.82, 2.24) is 0 Å². The van der Waals surface area contributed by atoms with Crippen LogP contribution >= 0.6 is 0 Å². The number of hydrogen-bond acceptors (Lipinski definition) is 0. The third-order valence-electron chi connectivity index (χ3n) is 3.48. The number of benzene rings is 2. The maximum absolute atomic E-state index is 2.51. The third-order valence-corrected chi connectivity index (χ3v) is 16.1. The Hall–Kier alpha value is -0.690. The van der Waals surface area contributed by atoms with E-state index in [4.69, 9.17) is 0 Å². The van der Waals surface area contributed by atoms with Crippen LogP contribution in [0.2, 0.25) is 9.36 Å². The summed E-state index contributed by atoms with van der Waals surface area (Å²) in [6, 6.07) is 18.2. The van der Waals surface area contributed by atoms with Crippen LogP contribution in [0.5, 0.6) is 0 Å². The molecule has 88 valence electrons. The third kappa shape index (κ3) is 2.77. The molecular formula is C16H20Hf. The summed E-state index contributed by atoms with van der Waals surface area (Å²) in [6.45, 7) is 4.37. The normalized spacial score (nSPS) is 11.5. The standard InChI is InChI=1S/2C7H7.2CH3.Hf/c2*1-7-5-3-2-4-6-7;;;/h2*2-3,5-6H,1H3;2*1H3;. The fourth-order valence-corrected chi connectivity index (χ4v) is 11.3. The molecular weight excluding hydrogens is 371 g/mol. The summed E-state index contributed by atoms with van der Waals surface area (Å²) in [4.78, 5) is 0. The predicted octanol–water partition coefficient (Wildman–Crippen LogP) is 3.50. The molecule has 0 saturated heterocycles. The molecule has 0 bridgehead atoms. The quantitative estimate of drug-likeness (QED) is 0.688. The zero-order valence-electron chi connectivity index (χ0n) is 11.1. The first-order valence-corrected chi connectivity index (χ1v) is 16.9. The van der Waals surface area contributed by atoms with Crippen LogP contribution in [0.1, 0.15) is 11.1 Å². The number of rotatable bonds is 2. The molecule has 2 aromatic carbocycles. The molecule has 0 aliphatic carbocycles. The Balaban J connectivity index is 2.49. The van der Waals surface area contributed by atoms with Gasteiger partial charge in [0.05, 0.1) is 0 Å². The van der Waals surface area contributed by atoms with Crippen molar-refractivity contribution in [1.29, 1.82) is 0 Å². The molecule has 17 heavy (non-hydrogen) atoms. The Bertz CT molecular complexity index is 479. The molecule has 0 atom stereocenters. The minimum absolute atomic E-state index is 1.38. The van der Waals surface area contributed by atoms with Crippen LogP contribution in [0.15, 0.2) is 48.5 Å². The van der Waals surface area contributed by atoms with Gasteiger partial charge in [-0.3, -0.25) is 0 Å². The van der Waals surface area contributed by atoms with Gasteiger partial charge in [0.1, 0.15) is 0 Å². The summed E-state index contributed by atoms with van der Waals surface area (Å²) in [7, 11) is 0. The molecule has 0 nitrogen and oxygen atoms in total. The molecule has 0 aliphatic heterocycles. The molecule has 0 radical (unpaired) electrons. The fraction of sp³-hybridized carbons (Fsp3) is 0.250.